The van der Waals surface area contributed by atoms with Crippen LogP contribution in [0.15, 0.2) is 42.5 Å². The van der Waals surface area contributed by atoms with Crippen molar-refractivity contribution in [2.75, 3.05) is 44.8 Å². The van der Waals surface area contributed by atoms with Gasteiger partial charge in [0.1, 0.15) is 5.82 Å². The molecule has 0 aliphatic carbocycles. The number of fused-ring (bicyclic) bond motifs is 1. The lowest BCUT2D eigenvalue weighted by Crippen LogP contribution is -2.48. The van der Waals surface area contributed by atoms with E-state index < -0.39 is 0 Å². The van der Waals surface area contributed by atoms with Crippen LogP contribution >= 0.6 is 0 Å². The molecule has 2 aliphatic heterocycles. The van der Waals surface area contributed by atoms with Crippen molar-refractivity contribution in [2.24, 2.45) is 0 Å². The van der Waals surface area contributed by atoms with Gasteiger partial charge in [0.05, 0.1) is 0 Å². The Balaban J connectivity index is 1.20. The van der Waals surface area contributed by atoms with Gasteiger partial charge in [-0.1, -0.05) is 12.1 Å². The predicted octanol–water partition coefficient (Wildman–Crippen LogP) is 2.70. The summed E-state index contributed by atoms with van der Waals surface area (Å²) in [7, 11) is 0. The summed E-state index contributed by atoms with van der Waals surface area (Å²) in [6, 6.07) is 12.3. The second-order valence-electron chi connectivity index (χ2n) is 7.03. The molecule has 0 unspecified atom stereocenters. The molecule has 148 valence electrons. The maximum Gasteiger partial charge on any atom is 0.231 e. The molecule has 0 bridgehead atoms. The fraction of sp³-hybridized carbons (Fsp3) is 0.381. The molecule has 2 heterocycles. The largest absolute Gasteiger partial charge is 0.454 e. The smallest absolute Gasteiger partial charge is 0.231 e. The first-order chi connectivity index (χ1) is 13.7. The summed E-state index contributed by atoms with van der Waals surface area (Å²) in [6.45, 7) is 4.76. The third kappa shape index (κ3) is 4.54. The lowest BCUT2D eigenvalue weighted by atomic mass is 10.1. The van der Waals surface area contributed by atoms with E-state index in [1.54, 1.807) is 12.1 Å². The van der Waals surface area contributed by atoms with Gasteiger partial charge in [-0.25, -0.2) is 4.39 Å². The van der Waals surface area contributed by atoms with Crippen LogP contribution in [0, 0.1) is 5.82 Å². The molecule has 6 nitrogen and oxygen atoms in total. The Morgan fingerprint density at radius 2 is 1.86 bits per heavy atom. The van der Waals surface area contributed by atoms with Crippen LogP contribution in [0.25, 0.3) is 0 Å². The zero-order chi connectivity index (χ0) is 19.3. The molecular weight excluding hydrogens is 361 g/mol. The molecule has 28 heavy (non-hydrogen) atoms. The van der Waals surface area contributed by atoms with Crippen LogP contribution in [-0.4, -0.2) is 55.2 Å². The Morgan fingerprint density at radius 3 is 2.68 bits per heavy atom. The molecule has 1 N–H and O–H groups in total. The maximum atomic E-state index is 13.2. The highest BCUT2D eigenvalue weighted by atomic mass is 19.1. The van der Waals surface area contributed by atoms with Crippen molar-refractivity contribution in [2.45, 2.75) is 13.0 Å². The predicted molar refractivity (Wildman–Crippen MR) is 104 cm³/mol. The number of halogens is 1. The Labute approximate surface area is 163 Å². The number of hydrogen-bond donors (Lipinski definition) is 1. The van der Waals surface area contributed by atoms with Gasteiger partial charge in [-0.2, -0.15) is 0 Å². The highest BCUT2D eigenvalue weighted by molar-refractivity contribution is 5.76. The van der Waals surface area contributed by atoms with E-state index in [1.165, 1.54) is 17.7 Å². The number of carbonyl (C=O) groups is 1. The molecule has 0 spiro atoms. The van der Waals surface area contributed by atoms with Crippen molar-refractivity contribution >= 4 is 11.6 Å². The quantitative estimate of drug-likeness (QED) is 0.829. The third-order valence-corrected chi connectivity index (χ3v) is 5.06. The van der Waals surface area contributed by atoms with Crippen LogP contribution in [-0.2, 0) is 11.3 Å². The van der Waals surface area contributed by atoms with Gasteiger partial charge in [0.2, 0.25) is 12.7 Å². The molecule has 0 aromatic heterocycles. The zero-order valence-electron chi connectivity index (χ0n) is 15.7. The van der Waals surface area contributed by atoms with Crippen LogP contribution in [0.4, 0.5) is 10.1 Å². The van der Waals surface area contributed by atoms with E-state index in [2.05, 4.69) is 16.3 Å². The number of nitrogens with zero attached hydrogens (tertiary/aromatic N) is 2. The van der Waals surface area contributed by atoms with Gasteiger partial charge in [-0.3, -0.25) is 9.69 Å². The van der Waals surface area contributed by atoms with Gasteiger partial charge < -0.3 is 19.7 Å². The van der Waals surface area contributed by atoms with Crippen molar-refractivity contribution in [3.05, 3.63) is 53.8 Å². The molecule has 2 aliphatic rings. The van der Waals surface area contributed by atoms with Crippen molar-refractivity contribution in [3.63, 3.8) is 0 Å². The standard InChI is InChI=1S/C21H24FN3O3/c22-17-2-1-3-18(13-17)23-7-6-21(26)25-10-8-24(9-11-25)14-16-4-5-19-20(12-16)28-15-27-19/h1-5,12-13,23H,6-11,14-15H2. The second kappa shape index (κ2) is 8.48. The lowest BCUT2D eigenvalue weighted by Gasteiger charge is -2.35. The van der Waals surface area contributed by atoms with Gasteiger partial charge >= 0.3 is 0 Å². The molecule has 1 fully saturated rings. The SMILES string of the molecule is O=C(CCNc1cccc(F)c1)N1CCN(Cc2ccc3c(c2)OCO3)CC1. The van der Waals surface area contributed by atoms with E-state index in [9.17, 15) is 9.18 Å². The highest BCUT2D eigenvalue weighted by Gasteiger charge is 2.21. The van der Waals surface area contributed by atoms with Crippen LogP contribution in [0.1, 0.15) is 12.0 Å². The molecule has 0 atom stereocenters. The maximum absolute atomic E-state index is 13.2. The molecule has 0 radical (unpaired) electrons. The second-order valence-corrected chi connectivity index (χ2v) is 7.03. The topological polar surface area (TPSA) is 54.0 Å². The number of rotatable bonds is 6. The van der Waals surface area contributed by atoms with E-state index in [-0.39, 0.29) is 18.5 Å². The summed E-state index contributed by atoms with van der Waals surface area (Å²) < 4.78 is 23.9. The van der Waals surface area contributed by atoms with Crippen LogP contribution in [0.5, 0.6) is 11.5 Å². The van der Waals surface area contributed by atoms with Crippen molar-refractivity contribution in [1.29, 1.82) is 0 Å². The number of hydrogen-bond acceptors (Lipinski definition) is 5. The van der Waals surface area contributed by atoms with Crippen molar-refractivity contribution in [1.82, 2.24) is 9.80 Å². The van der Waals surface area contributed by atoms with Gasteiger partial charge in [0.15, 0.2) is 11.5 Å². The van der Waals surface area contributed by atoms with E-state index in [0.29, 0.717) is 18.7 Å². The number of carbonyl (C=O) groups excluding carboxylic acids is 1. The first kappa shape index (κ1) is 18.6. The fourth-order valence-corrected chi connectivity index (χ4v) is 3.52. The minimum Gasteiger partial charge on any atom is -0.454 e. The lowest BCUT2D eigenvalue weighted by molar-refractivity contribution is -0.132. The molecule has 0 saturated carbocycles. The summed E-state index contributed by atoms with van der Waals surface area (Å²) >= 11 is 0. The van der Waals surface area contributed by atoms with E-state index in [1.807, 2.05) is 17.0 Å². The van der Waals surface area contributed by atoms with Crippen LogP contribution in [0.2, 0.25) is 0 Å². The summed E-state index contributed by atoms with van der Waals surface area (Å²) in [5.74, 6) is 1.45. The number of amides is 1. The molecular formula is C21H24FN3O3. The van der Waals surface area contributed by atoms with Crippen LogP contribution < -0.4 is 14.8 Å². The third-order valence-electron chi connectivity index (χ3n) is 5.06. The monoisotopic (exact) mass is 385 g/mol. The summed E-state index contributed by atoms with van der Waals surface area (Å²) in [5, 5.41) is 3.10. The number of benzene rings is 2. The van der Waals surface area contributed by atoms with E-state index in [4.69, 9.17) is 9.47 Å². The summed E-state index contributed by atoms with van der Waals surface area (Å²) in [4.78, 5) is 16.7. The average Bonchev–Trinajstić information content (AvgIpc) is 3.16. The van der Waals surface area contributed by atoms with Gasteiger partial charge in [0, 0.05) is 51.4 Å². The average molecular weight is 385 g/mol. The number of ether oxygens (including phenoxy) is 2. The van der Waals surface area contributed by atoms with Gasteiger partial charge in [0.25, 0.3) is 0 Å². The molecule has 1 saturated heterocycles. The van der Waals surface area contributed by atoms with Crippen LogP contribution in [0.3, 0.4) is 0 Å². The molecule has 1 amide bonds. The zero-order valence-corrected chi connectivity index (χ0v) is 15.7. The molecule has 2 aromatic carbocycles. The molecule has 4 rings (SSSR count). The number of piperazine rings is 1. The highest BCUT2D eigenvalue weighted by Crippen LogP contribution is 2.32. The Bertz CT molecular complexity index is 837. The molecule has 7 heteroatoms. The Kier molecular flexibility index (Phi) is 5.62. The summed E-state index contributed by atoms with van der Waals surface area (Å²) in [6.07, 6.45) is 0.401. The first-order valence-electron chi connectivity index (χ1n) is 9.55. The van der Waals surface area contributed by atoms with Crippen molar-refractivity contribution in [3.8, 4) is 11.5 Å². The minimum atomic E-state index is -0.282. The van der Waals surface area contributed by atoms with E-state index >= 15 is 0 Å². The Morgan fingerprint density at radius 1 is 1.04 bits per heavy atom. The first-order valence-corrected chi connectivity index (χ1v) is 9.55. The number of anilines is 1. The minimum absolute atomic E-state index is 0.131. The number of nitrogens with one attached hydrogen (secondary N) is 1. The molecule has 2 aromatic rings. The summed E-state index contributed by atoms with van der Waals surface area (Å²) in [5.41, 5.74) is 1.88. The van der Waals surface area contributed by atoms with Crippen molar-refractivity contribution < 1.29 is 18.7 Å². The Hall–Kier alpha value is -2.80. The van der Waals surface area contributed by atoms with Gasteiger partial charge in [-0.15, -0.1) is 0 Å². The van der Waals surface area contributed by atoms with E-state index in [0.717, 1.165) is 44.2 Å². The van der Waals surface area contributed by atoms with Gasteiger partial charge in [-0.05, 0) is 35.9 Å². The normalized spacial score (nSPS) is 16.2. The fourth-order valence-electron chi connectivity index (χ4n) is 3.52.